The van der Waals surface area contributed by atoms with Crippen molar-refractivity contribution in [1.82, 2.24) is 4.90 Å². The molecule has 1 heterocycles. The fraction of sp³-hybridized carbons (Fsp3) is 0.579. The van der Waals surface area contributed by atoms with E-state index in [1.165, 1.54) is 40.8 Å². The van der Waals surface area contributed by atoms with Gasteiger partial charge in [0, 0.05) is 16.1 Å². The van der Waals surface area contributed by atoms with E-state index in [0.717, 1.165) is 23.7 Å². The molecule has 4 atom stereocenters. The fourth-order valence-electron chi connectivity index (χ4n) is 5.02. The van der Waals surface area contributed by atoms with E-state index in [1.807, 2.05) is 11.3 Å². The number of aryl methyl sites for hydroxylation is 1. The van der Waals surface area contributed by atoms with Gasteiger partial charge in [-0.3, -0.25) is 0 Å². The predicted octanol–water partition coefficient (Wildman–Crippen LogP) is 4.90. The molecule has 0 aliphatic heterocycles. The number of hydrogen-bond donors (Lipinski definition) is 0. The molecular formula is C19H25NS. The lowest BCUT2D eigenvalue weighted by Crippen LogP contribution is -2.30. The molecule has 21 heavy (non-hydrogen) atoms. The molecule has 0 N–H and O–H groups in total. The molecule has 0 saturated heterocycles. The van der Waals surface area contributed by atoms with Gasteiger partial charge < -0.3 is 4.90 Å². The van der Waals surface area contributed by atoms with Gasteiger partial charge in [0.1, 0.15) is 0 Å². The summed E-state index contributed by atoms with van der Waals surface area (Å²) in [5.74, 6) is 3.59. The number of benzene rings is 1. The lowest BCUT2D eigenvalue weighted by atomic mass is 9.75. The predicted molar refractivity (Wildman–Crippen MR) is 92.2 cm³/mol. The van der Waals surface area contributed by atoms with Gasteiger partial charge in [0.05, 0.1) is 0 Å². The third-order valence-electron chi connectivity index (χ3n) is 5.71. The number of rotatable bonds is 3. The van der Waals surface area contributed by atoms with E-state index in [2.05, 4.69) is 50.2 Å². The number of thiophene rings is 1. The SMILES string of the molecule is Cc1cc2cc([C@H]3[C@@H]4CC[C@@H](C4)[C@@H]3CN(C)C)ccc2s1. The maximum Gasteiger partial charge on any atom is 0.0345 e. The van der Waals surface area contributed by atoms with Crippen LogP contribution in [0.1, 0.15) is 35.6 Å². The van der Waals surface area contributed by atoms with Crippen LogP contribution in [0.4, 0.5) is 0 Å². The van der Waals surface area contributed by atoms with Gasteiger partial charge in [-0.15, -0.1) is 11.3 Å². The first-order valence-corrected chi connectivity index (χ1v) is 9.08. The van der Waals surface area contributed by atoms with Crippen LogP contribution in [0, 0.1) is 24.7 Å². The third-order valence-corrected chi connectivity index (χ3v) is 6.74. The molecule has 0 radical (unpaired) electrons. The summed E-state index contributed by atoms with van der Waals surface area (Å²) in [6.07, 6.45) is 4.41. The Hall–Kier alpha value is -0.860. The van der Waals surface area contributed by atoms with Crippen molar-refractivity contribution < 1.29 is 0 Å². The molecule has 2 saturated carbocycles. The van der Waals surface area contributed by atoms with Gasteiger partial charge in [0.15, 0.2) is 0 Å². The van der Waals surface area contributed by atoms with Crippen LogP contribution in [0.2, 0.25) is 0 Å². The van der Waals surface area contributed by atoms with Crippen molar-refractivity contribution in [1.29, 1.82) is 0 Å². The summed E-state index contributed by atoms with van der Waals surface area (Å²) in [6, 6.07) is 9.64. The monoisotopic (exact) mass is 299 g/mol. The van der Waals surface area contributed by atoms with Crippen molar-refractivity contribution in [2.45, 2.75) is 32.1 Å². The number of hydrogen-bond acceptors (Lipinski definition) is 2. The first kappa shape index (κ1) is 13.8. The van der Waals surface area contributed by atoms with Crippen molar-refractivity contribution in [2.75, 3.05) is 20.6 Å². The molecule has 0 unspecified atom stereocenters. The summed E-state index contributed by atoms with van der Waals surface area (Å²) in [6.45, 7) is 3.48. The minimum absolute atomic E-state index is 0.802. The van der Waals surface area contributed by atoms with E-state index in [4.69, 9.17) is 0 Å². The van der Waals surface area contributed by atoms with Crippen LogP contribution >= 0.6 is 11.3 Å². The maximum atomic E-state index is 2.49. The molecular weight excluding hydrogens is 274 g/mol. The Bertz CT molecular complexity index is 657. The Morgan fingerprint density at radius 3 is 2.76 bits per heavy atom. The van der Waals surface area contributed by atoms with E-state index in [-0.39, 0.29) is 0 Å². The molecule has 1 aromatic heterocycles. The Kier molecular flexibility index (Phi) is 3.35. The van der Waals surface area contributed by atoms with E-state index in [0.29, 0.717) is 0 Å². The van der Waals surface area contributed by atoms with Crippen LogP contribution in [0.3, 0.4) is 0 Å². The van der Waals surface area contributed by atoms with Crippen molar-refractivity contribution in [3.63, 3.8) is 0 Å². The quantitative estimate of drug-likeness (QED) is 0.779. The van der Waals surface area contributed by atoms with Crippen LogP contribution in [0.25, 0.3) is 10.1 Å². The minimum atomic E-state index is 0.802. The Labute approximate surface area is 132 Å². The molecule has 2 aliphatic rings. The first-order chi connectivity index (χ1) is 10.1. The Morgan fingerprint density at radius 2 is 1.95 bits per heavy atom. The lowest BCUT2D eigenvalue weighted by molar-refractivity contribution is 0.219. The highest BCUT2D eigenvalue weighted by atomic mass is 32.1. The number of fused-ring (bicyclic) bond motifs is 3. The zero-order valence-electron chi connectivity index (χ0n) is 13.3. The van der Waals surface area contributed by atoms with Crippen LogP contribution in [0.15, 0.2) is 24.3 Å². The van der Waals surface area contributed by atoms with E-state index in [9.17, 15) is 0 Å². The van der Waals surface area contributed by atoms with Gasteiger partial charge >= 0.3 is 0 Å². The highest BCUT2D eigenvalue weighted by molar-refractivity contribution is 7.19. The largest absolute Gasteiger partial charge is 0.309 e. The summed E-state index contributed by atoms with van der Waals surface area (Å²) in [7, 11) is 4.46. The highest BCUT2D eigenvalue weighted by Crippen LogP contribution is 2.57. The molecule has 0 spiro atoms. The minimum Gasteiger partial charge on any atom is -0.309 e. The summed E-state index contributed by atoms with van der Waals surface area (Å²) < 4.78 is 1.45. The molecule has 2 aliphatic carbocycles. The lowest BCUT2D eigenvalue weighted by Gasteiger charge is -2.33. The molecule has 2 bridgehead atoms. The molecule has 0 amide bonds. The van der Waals surface area contributed by atoms with E-state index >= 15 is 0 Å². The normalized spacial score (nSPS) is 31.6. The standard InChI is InChI=1S/C19H25NS/c1-12-8-16-10-15(6-7-18(16)21-12)19-14-5-4-13(9-14)17(19)11-20(2)3/h6-8,10,13-14,17,19H,4-5,9,11H2,1-3H3/t13-,14+,17-,19+/m0/s1. The zero-order valence-corrected chi connectivity index (χ0v) is 14.1. The van der Waals surface area contributed by atoms with Gasteiger partial charge in [-0.2, -0.15) is 0 Å². The van der Waals surface area contributed by atoms with Crippen LogP contribution in [0.5, 0.6) is 0 Å². The average Bonchev–Trinajstić information content (AvgIpc) is 3.09. The summed E-state index contributed by atoms with van der Waals surface area (Å²) in [4.78, 5) is 3.82. The van der Waals surface area contributed by atoms with Gasteiger partial charge in [0.25, 0.3) is 0 Å². The Balaban J connectivity index is 1.71. The van der Waals surface area contributed by atoms with E-state index < -0.39 is 0 Å². The van der Waals surface area contributed by atoms with Gasteiger partial charge in [-0.1, -0.05) is 12.1 Å². The molecule has 1 nitrogen and oxygen atoms in total. The van der Waals surface area contributed by atoms with Crippen molar-refractivity contribution in [2.24, 2.45) is 17.8 Å². The third kappa shape index (κ3) is 2.33. The van der Waals surface area contributed by atoms with Gasteiger partial charge in [-0.05, 0) is 87.0 Å². The molecule has 2 fully saturated rings. The van der Waals surface area contributed by atoms with Crippen molar-refractivity contribution in [3.05, 3.63) is 34.7 Å². The maximum absolute atomic E-state index is 2.49. The average molecular weight is 299 g/mol. The van der Waals surface area contributed by atoms with Gasteiger partial charge in [-0.25, -0.2) is 0 Å². The summed E-state index contributed by atoms with van der Waals surface area (Å²) in [5, 5.41) is 1.46. The Morgan fingerprint density at radius 1 is 1.14 bits per heavy atom. The summed E-state index contributed by atoms with van der Waals surface area (Å²) in [5.41, 5.74) is 1.61. The van der Waals surface area contributed by atoms with Crippen LogP contribution < -0.4 is 0 Å². The first-order valence-electron chi connectivity index (χ1n) is 8.26. The smallest absolute Gasteiger partial charge is 0.0345 e. The number of nitrogens with zero attached hydrogens (tertiary/aromatic N) is 1. The molecule has 112 valence electrons. The van der Waals surface area contributed by atoms with Crippen LogP contribution in [-0.4, -0.2) is 25.5 Å². The second-order valence-corrected chi connectivity index (χ2v) is 8.73. The summed E-state index contributed by atoms with van der Waals surface area (Å²) >= 11 is 1.92. The van der Waals surface area contributed by atoms with Crippen molar-refractivity contribution in [3.8, 4) is 0 Å². The molecule has 4 rings (SSSR count). The topological polar surface area (TPSA) is 3.24 Å². The zero-order chi connectivity index (χ0) is 14.6. The second-order valence-electron chi connectivity index (χ2n) is 7.44. The molecule has 1 aromatic carbocycles. The molecule has 2 aromatic rings. The van der Waals surface area contributed by atoms with Crippen LogP contribution in [-0.2, 0) is 0 Å². The molecule has 2 heteroatoms. The second kappa shape index (κ2) is 5.10. The van der Waals surface area contributed by atoms with Gasteiger partial charge in [0.2, 0.25) is 0 Å². The van der Waals surface area contributed by atoms with E-state index in [1.54, 1.807) is 5.56 Å². The fourth-order valence-corrected chi connectivity index (χ4v) is 5.92. The van der Waals surface area contributed by atoms with Crippen molar-refractivity contribution >= 4 is 21.4 Å². The highest BCUT2D eigenvalue weighted by Gasteiger charge is 2.47.